The third kappa shape index (κ3) is 8.31. The molecule has 5 nitrogen and oxygen atoms in total. The highest BCUT2D eigenvalue weighted by Crippen LogP contribution is 2.48. The molecule has 0 amide bonds. The van der Waals surface area contributed by atoms with Crippen LogP contribution in [-0.4, -0.2) is 16.2 Å². The average molecular weight is 862 g/mol. The maximum absolute atomic E-state index is 8.60. The van der Waals surface area contributed by atoms with Crippen LogP contribution in [0.2, 0.25) is 0 Å². The molecule has 65 heavy (non-hydrogen) atoms. The van der Waals surface area contributed by atoms with Crippen molar-refractivity contribution in [1.82, 2.24) is 9.55 Å². The van der Waals surface area contributed by atoms with Gasteiger partial charge in [0.2, 0.25) is 0 Å². The summed E-state index contributed by atoms with van der Waals surface area (Å²) in [5, 5.41) is 2.16. The number of pyridine rings is 1. The second kappa shape index (κ2) is 15.7. The van der Waals surface area contributed by atoms with Crippen LogP contribution < -0.4 is 14.5 Å². The summed E-state index contributed by atoms with van der Waals surface area (Å²) in [5.74, 6) is 2.12. The maximum Gasteiger partial charge on any atom is 0.138 e. The van der Waals surface area contributed by atoms with Crippen molar-refractivity contribution in [3.8, 4) is 28.4 Å². The van der Waals surface area contributed by atoms with Gasteiger partial charge in [-0.05, 0) is 147 Å². The Morgan fingerprint density at radius 2 is 1.14 bits per heavy atom. The van der Waals surface area contributed by atoms with Crippen molar-refractivity contribution in [2.75, 3.05) is 16.5 Å². The molecule has 0 atom stereocenters. The number of hydrogen-bond donors (Lipinski definition) is 0. The van der Waals surface area contributed by atoms with Gasteiger partial charge in [0.05, 0.1) is 22.4 Å². The maximum atomic E-state index is 8.60. The van der Waals surface area contributed by atoms with Crippen LogP contribution in [0.3, 0.4) is 0 Å². The Morgan fingerprint density at radius 1 is 0.508 bits per heavy atom. The Morgan fingerprint density at radius 3 is 1.83 bits per heavy atom. The second-order valence-electron chi connectivity index (χ2n) is 22.2. The van der Waals surface area contributed by atoms with E-state index in [2.05, 4.69) is 188 Å². The van der Waals surface area contributed by atoms with E-state index in [1.54, 1.807) is 6.20 Å². The fourth-order valence-corrected chi connectivity index (χ4v) is 9.21. The Bertz CT molecular complexity index is 3210. The predicted molar refractivity (Wildman–Crippen MR) is 277 cm³/mol. The van der Waals surface area contributed by atoms with Gasteiger partial charge in [-0.15, -0.1) is 0 Å². The molecule has 0 saturated carbocycles. The molecule has 0 unspecified atom stereocenters. The van der Waals surface area contributed by atoms with Gasteiger partial charge in [0.1, 0.15) is 24.0 Å². The summed E-state index contributed by atoms with van der Waals surface area (Å²) < 4.78 is 34.8. The molecule has 0 saturated heterocycles. The summed E-state index contributed by atoms with van der Waals surface area (Å²) in [4.78, 5) is 9.80. The SMILES string of the molecule is [2H]C([2H])([2H])c1cc(C(C)(C)C)cc(C)c1-c1ccnc(-n2c3ccccc3c3ccc(Oc4cccc(N5CN(c6cc(C(C)(C)C)cc(C(C)(C)C)c6)c6cc(C(C)(C)C)ccc65)c4)cc32)c1. The van der Waals surface area contributed by atoms with Gasteiger partial charge < -0.3 is 14.5 Å². The summed E-state index contributed by atoms with van der Waals surface area (Å²) in [6.45, 7) is 27.3. The lowest BCUT2D eigenvalue weighted by atomic mass is 9.80. The Kier molecular flexibility index (Phi) is 9.70. The number of aromatic nitrogens is 2. The molecule has 8 aromatic rings. The van der Waals surface area contributed by atoms with E-state index in [0.29, 0.717) is 23.8 Å². The van der Waals surface area contributed by atoms with Crippen molar-refractivity contribution in [1.29, 1.82) is 0 Å². The summed E-state index contributed by atoms with van der Waals surface area (Å²) in [5.41, 5.74) is 14.0. The van der Waals surface area contributed by atoms with Crippen LogP contribution in [0, 0.1) is 13.8 Å². The fourth-order valence-electron chi connectivity index (χ4n) is 9.21. The molecule has 0 fully saturated rings. The first-order valence-corrected chi connectivity index (χ1v) is 23.0. The predicted octanol–water partition coefficient (Wildman–Crippen LogP) is 16.7. The third-order valence-corrected chi connectivity index (χ3v) is 13.1. The van der Waals surface area contributed by atoms with Crippen molar-refractivity contribution in [3.63, 3.8) is 0 Å². The number of rotatable bonds is 6. The average Bonchev–Trinajstić information content (AvgIpc) is 3.80. The van der Waals surface area contributed by atoms with E-state index < -0.39 is 6.85 Å². The molecule has 1 aliphatic heterocycles. The van der Waals surface area contributed by atoms with Gasteiger partial charge >= 0.3 is 0 Å². The van der Waals surface area contributed by atoms with Crippen LogP contribution in [0.25, 0.3) is 38.8 Å². The van der Waals surface area contributed by atoms with Crippen LogP contribution in [0.1, 0.15) is 121 Å². The molecule has 5 heteroatoms. The van der Waals surface area contributed by atoms with E-state index >= 15 is 0 Å². The normalized spacial score (nSPS) is 14.4. The number of anilines is 4. The number of aryl methyl sites for hydroxylation is 2. The number of para-hydroxylation sites is 1. The lowest BCUT2D eigenvalue weighted by molar-refractivity contribution is 0.483. The van der Waals surface area contributed by atoms with Crippen molar-refractivity contribution >= 4 is 44.6 Å². The van der Waals surface area contributed by atoms with Gasteiger partial charge in [0.15, 0.2) is 0 Å². The van der Waals surface area contributed by atoms with Gasteiger partial charge in [0.25, 0.3) is 0 Å². The van der Waals surface area contributed by atoms with Crippen LogP contribution in [0.15, 0.2) is 134 Å². The minimum Gasteiger partial charge on any atom is -0.457 e. The highest BCUT2D eigenvalue weighted by Gasteiger charge is 2.32. The highest BCUT2D eigenvalue weighted by molar-refractivity contribution is 6.09. The topological polar surface area (TPSA) is 33.5 Å². The van der Waals surface area contributed by atoms with Crippen molar-refractivity contribution < 1.29 is 8.85 Å². The van der Waals surface area contributed by atoms with Gasteiger partial charge in [-0.1, -0.05) is 132 Å². The van der Waals surface area contributed by atoms with Crippen LogP contribution in [0.4, 0.5) is 22.7 Å². The van der Waals surface area contributed by atoms with E-state index in [4.69, 9.17) is 13.8 Å². The zero-order chi connectivity index (χ0) is 48.9. The molecular formula is C60H66N4O. The largest absolute Gasteiger partial charge is 0.457 e. The molecule has 0 radical (unpaired) electrons. The molecule has 3 heterocycles. The zero-order valence-corrected chi connectivity index (χ0v) is 40.6. The number of benzene rings is 6. The summed E-state index contributed by atoms with van der Waals surface area (Å²) in [6, 6.07) is 45.0. The Hall–Kier alpha value is -6.33. The lowest BCUT2D eigenvalue weighted by Gasteiger charge is -2.29. The van der Waals surface area contributed by atoms with E-state index in [1.807, 2.05) is 43.3 Å². The number of hydrogen-bond acceptors (Lipinski definition) is 4. The fraction of sp³-hybridized carbons (Fsp3) is 0.317. The highest BCUT2D eigenvalue weighted by atomic mass is 16.5. The van der Waals surface area contributed by atoms with Crippen LogP contribution >= 0.6 is 0 Å². The molecule has 6 aromatic carbocycles. The van der Waals surface area contributed by atoms with E-state index in [0.717, 1.165) is 61.2 Å². The minimum atomic E-state index is -2.30. The lowest BCUT2D eigenvalue weighted by Crippen LogP contribution is -2.25. The first-order chi connectivity index (χ1) is 31.8. The van der Waals surface area contributed by atoms with Gasteiger partial charge in [-0.25, -0.2) is 4.98 Å². The van der Waals surface area contributed by atoms with E-state index in [1.165, 1.54) is 28.1 Å². The molecule has 332 valence electrons. The Balaban J connectivity index is 1.11. The van der Waals surface area contributed by atoms with Gasteiger partial charge in [-0.2, -0.15) is 0 Å². The molecule has 0 aliphatic carbocycles. The standard InChI is InChI=1S/C60H66N4O/c1-38-28-42(58(6,7)8)29-39(2)56(38)40-26-27-61-55(30-40)64-51-21-16-15-20-49(51)50-24-23-48(36-53(50)64)65-47-19-17-18-45(35-47)62-37-63(54-34-41(57(3,4)5)22-25-52(54)62)46-32-43(59(9,10)11)31-44(33-46)60(12,13)14/h15-36H,37H2,1-14H3/i1D3. The summed E-state index contributed by atoms with van der Waals surface area (Å²) >= 11 is 0. The van der Waals surface area contributed by atoms with E-state index in [9.17, 15) is 0 Å². The second-order valence-corrected chi connectivity index (χ2v) is 22.2. The van der Waals surface area contributed by atoms with Crippen LogP contribution in [0.5, 0.6) is 11.5 Å². The molecule has 2 aromatic heterocycles. The smallest absolute Gasteiger partial charge is 0.138 e. The van der Waals surface area contributed by atoms with Crippen molar-refractivity contribution in [2.24, 2.45) is 0 Å². The molecule has 0 bridgehead atoms. The van der Waals surface area contributed by atoms with Crippen LogP contribution in [-0.2, 0) is 21.7 Å². The first kappa shape index (κ1) is 40.2. The van der Waals surface area contributed by atoms with Crippen molar-refractivity contribution in [3.05, 3.63) is 167 Å². The quantitative estimate of drug-likeness (QED) is 0.167. The Labute approximate surface area is 391 Å². The molecule has 9 rings (SSSR count). The van der Waals surface area contributed by atoms with E-state index in [-0.39, 0.29) is 21.7 Å². The molecule has 1 aliphatic rings. The number of nitrogens with zero attached hydrogens (tertiary/aromatic N) is 4. The minimum absolute atomic E-state index is 0.0153. The summed E-state index contributed by atoms with van der Waals surface area (Å²) in [6.07, 6.45) is 1.78. The number of fused-ring (bicyclic) bond motifs is 4. The third-order valence-electron chi connectivity index (χ3n) is 13.1. The zero-order valence-electron chi connectivity index (χ0n) is 43.6. The first-order valence-electron chi connectivity index (χ1n) is 24.5. The van der Waals surface area contributed by atoms with Gasteiger partial charge in [-0.3, -0.25) is 4.57 Å². The van der Waals surface area contributed by atoms with Gasteiger partial charge in [0, 0.05) is 44.6 Å². The molecule has 0 N–H and O–H groups in total. The monoisotopic (exact) mass is 862 g/mol. The number of ether oxygens (including phenoxy) is 1. The molecular weight excluding hydrogens is 793 g/mol. The summed E-state index contributed by atoms with van der Waals surface area (Å²) in [7, 11) is 0. The van der Waals surface area contributed by atoms with Crippen molar-refractivity contribution in [2.45, 2.75) is 119 Å². The molecule has 0 spiro atoms.